The Morgan fingerprint density at radius 2 is 2.06 bits per heavy atom. The molecule has 0 aromatic heterocycles. The molecule has 1 aliphatic rings. The Balaban J connectivity index is 2.76. The highest BCUT2D eigenvalue weighted by atomic mass is 16.6. The molecule has 3 N–H and O–H groups in total. The molecule has 0 unspecified atom stereocenters. The molecule has 1 fully saturated rings. The van der Waals surface area contributed by atoms with E-state index in [4.69, 9.17) is 4.74 Å². The second kappa shape index (κ2) is 4.69. The maximum atomic E-state index is 10.1. The third kappa shape index (κ3) is 3.52. The van der Waals surface area contributed by atoms with Gasteiger partial charge in [-0.05, 0) is 46.6 Å². The maximum Gasteiger partial charge on any atom is 0.245 e. The zero-order valence-corrected chi connectivity index (χ0v) is 11.6. The van der Waals surface area contributed by atoms with Crippen LogP contribution in [0.5, 0.6) is 0 Å². The summed E-state index contributed by atoms with van der Waals surface area (Å²) >= 11 is 0. The Bertz CT molecular complexity index is 289. The highest BCUT2D eigenvalue weighted by Gasteiger charge is 2.42. The summed E-state index contributed by atoms with van der Waals surface area (Å²) in [4.78, 5) is 0. The second-order valence-corrected chi connectivity index (χ2v) is 6.07. The van der Waals surface area contributed by atoms with Gasteiger partial charge in [0.15, 0.2) is 0 Å². The molecule has 1 saturated heterocycles. The Hall–Kier alpha value is -0.420. The molecular formula is C13H26N2O2. The molecule has 0 amide bonds. The molecule has 1 aliphatic heterocycles. The van der Waals surface area contributed by atoms with Gasteiger partial charge in [-0.2, -0.15) is 0 Å². The summed E-state index contributed by atoms with van der Waals surface area (Å²) in [6, 6.07) is 0.124. The molecule has 0 aromatic rings. The summed E-state index contributed by atoms with van der Waals surface area (Å²) in [6.45, 7) is 12.2. The number of hydrogen-bond donors (Lipinski definition) is 3. The minimum atomic E-state index is -1.45. The van der Waals surface area contributed by atoms with Crippen molar-refractivity contribution in [2.45, 2.75) is 63.6 Å². The summed E-state index contributed by atoms with van der Waals surface area (Å²) in [6.07, 6.45) is 3.40. The van der Waals surface area contributed by atoms with E-state index in [0.29, 0.717) is 0 Å². The van der Waals surface area contributed by atoms with E-state index in [1.807, 2.05) is 0 Å². The molecular weight excluding hydrogens is 216 g/mol. The van der Waals surface area contributed by atoms with Crippen molar-refractivity contribution in [1.82, 2.24) is 10.6 Å². The Labute approximate surface area is 104 Å². The summed E-state index contributed by atoms with van der Waals surface area (Å²) in [7, 11) is 1.46. The molecule has 4 heteroatoms. The van der Waals surface area contributed by atoms with E-state index in [1.54, 1.807) is 0 Å². The molecule has 0 saturated carbocycles. The fourth-order valence-corrected chi connectivity index (χ4v) is 2.59. The zero-order valence-electron chi connectivity index (χ0n) is 11.6. The molecule has 4 nitrogen and oxygen atoms in total. The van der Waals surface area contributed by atoms with E-state index in [1.165, 1.54) is 13.2 Å². The molecule has 1 heterocycles. The van der Waals surface area contributed by atoms with E-state index in [9.17, 15) is 5.11 Å². The van der Waals surface area contributed by atoms with Crippen LogP contribution in [0.3, 0.4) is 0 Å². The average molecular weight is 242 g/mol. The molecule has 2 atom stereocenters. The van der Waals surface area contributed by atoms with Crippen molar-refractivity contribution >= 4 is 0 Å². The van der Waals surface area contributed by atoms with Crippen molar-refractivity contribution in [3.05, 3.63) is 12.7 Å². The lowest BCUT2D eigenvalue weighted by Gasteiger charge is -2.49. The molecule has 0 aromatic carbocycles. The van der Waals surface area contributed by atoms with Crippen LogP contribution in [0.2, 0.25) is 0 Å². The monoisotopic (exact) mass is 242 g/mol. The van der Waals surface area contributed by atoms with Crippen molar-refractivity contribution < 1.29 is 9.84 Å². The summed E-state index contributed by atoms with van der Waals surface area (Å²) in [5.74, 6) is -1.45. The van der Waals surface area contributed by atoms with E-state index in [2.05, 4.69) is 44.9 Å². The van der Waals surface area contributed by atoms with E-state index >= 15 is 0 Å². The van der Waals surface area contributed by atoms with Crippen molar-refractivity contribution in [2.75, 3.05) is 7.11 Å². The predicted molar refractivity (Wildman–Crippen MR) is 69.6 cm³/mol. The first kappa shape index (κ1) is 14.6. The van der Waals surface area contributed by atoms with Gasteiger partial charge in [0.2, 0.25) is 5.91 Å². The van der Waals surface area contributed by atoms with Crippen LogP contribution in [0.15, 0.2) is 12.7 Å². The highest BCUT2D eigenvalue weighted by Crippen LogP contribution is 2.29. The molecule has 0 aliphatic carbocycles. The molecule has 17 heavy (non-hydrogen) atoms. The third-order valence-electron chi connectivity index (χ3n) is 3.56. The van der Waals surface area contributed by atoms with Crippen LogP contribution in [0, 0.1) is 0 Å². The van der Waals surface area contributed by atoms with Gasteiger partial charge in [0, 0.05) is 24.2 Å². The Kier molecular flexibility index (Phi) is 4.04. The fourth-order valence-electron chi connectivity index (χ4n) is 2.59. The van der Waals surface area contributed by atoms with E-state index < -0.39 is 5.91 Å². The maximum absolute atomic E-state index is 10.1. The van der Waals surface area contributed by atoms with Crippen molar-refractivity contribution in [1.29, 1.82) is 0 Å². The number of ether oxygens (including phenoxy) is 1. The van der Waals surface area contributed by atoms with Gasteiger partial charge in [0.1, 0.15) is 0 Å². The third-order valence-corrected chi connectivity index (χ3v) is 3.56. The molecule has 1 rings (SSSR count). The first-order valence-corrected chi connectivity index (χ1v) is 6.12. The van der Waals surface area contributed by atoms with Gasteiger partial charge in [0.25, 0.3) is 0 Å². The normalized spacial score (nSPS) is 30.6. The fraction of sp³-hybridized carbons (Fsp3) is 0.846. The van der Waals surface area contributed by atoms with Gasteiger partial charge >= 0.3 is 0 Å². The number of methoxy groups -OCH3 is 1. The van der Waals surface area contributed by atoms with Gasteiger partial charge in [-0.25, -0.2) is 0 Å². The van der Waals surface area contributed by atoms with Crippen molar-refractivity contribution in [3.8, 4) is 0 Å². The van der Waals surface area contributed by atoms with Gasteiger partial charge < -0.3 is 15.2 Å². The first-order valence-electron chi connectivity index (χ1n) is 6.12. The van der Waals surface area contributed by atoms with Gasteiger partial charge in [-0.1, -0.05) is 6.58 Å². The predicted octanol–water partition coefficient (Wildman–Crippen LogP) is 1.36. The van der Waals surface area contributed by atoms with E-state index in [0.717, 1.165) is 12.8 Å². The van der Waals surface area contributed by atoms with Crippen LogP contribution in [0.25, 0.3) is 0 Å². The number of nitrogens with one attached hydrogen (secondary N) is 2. The minimum absolute atomic E-state index is 0.114. The topological polar surface area (TPSA) is 53.5 Å². The molecule has 0 spiro atoms. The number of hydrogen-bond acceptors (Lipinski definition) is 4. The zero-order chi connectivity index (χ0) is 13.3. The largest absolute Gasteiger partial charge is 0.350 e. The van der Waals surface area contributed by atoms with Gasteiger partial charge in [0.05, 0.1) is 0 Å². The highest BCUT2D eigenvalue weighted by molar-refractivity contribution is 5.04. The van der Waals surface area contributed by atoms with Gasteiger partial charge in [-0.15, -0.1) is 0 Å². The summed E-state index contributed by atoms with van der Waals surface area (Å²) in [5, 5.41) is 16.8. The van der Waals surface area contributed by atoms with Crippen LogP contribution in [0.1, 0.15) is 40.5 Å². The van der Waals surface area contributed by atoms with Gasteiger partial charge in [-0.3, -0.25) is 5.32 Å². The number of aliphatic hydroxyl groups is 1. The van der Waals surface area contributed by atoms with Crippen molar-refractivity contribution in [2.24, 2.45) is 0 Å². The lowest BCUT2D eigenvalue weighted by atomic mass is 9.79. The van der Waals surface area contributed by atoms with Crippen LogP contribution >= 0.6 is 0 Å². The number of piperidine rings is 1. The number of rotatable bonds is 4. The van der Waals surface area contributed by atoms with Crippen LogP contribution < -0.4 is 10.6 Å². The lowest BCUT2D eigenvalue weighted by molar-refractivity contribution is -0.181. The minimum Gasteiger partial charge on any atom is -0.350 e. The van der Waals surface area contributed by atoms with Crippen LogP contribution in [-0.2, 0) is 4.74 Å². The SMILES string of the molecule is C=C[C@](O)(N[C@@H]1CCC(C)(C)NC1(C)C)OC. The lowest BCUT2D eigenvalue weighted by Crippen LogP contribution is -2.69. The standard InChI is InChI=1S/C13H26N2O2/c1-7-13(16,17-6)14-10-8-9-11(2,3)15-12(10,4)5/h7,10,14-16H,1,8-9H2,2-6H3/t10-,13-/m1/s1. The smallest absolute Gasteiger partial charge is 0.245 e. The average Bonchev–Trinajstić information content (AvgIpc) is 2.20. The van der Waals surface area contributed by atoms with Crippen LogP contribution in [0.4, 0.5) is 0 Å². The van der Waals surface area contributed by atoms with Crippen LogP contribution in [-0.4, -0.2) is 35.2 Å². The van der Waals surface area contributed by atoms with E-state index in [-0.39, 0.29) is 17.1 Å². The summed E-state index contributed by atoms with van der Waals surface area (Å²) < 4.78 is 5.03. The Morgan fingerprint density at radius 1 is 1.47 bits per heavy atom. The summed E-state index contributed by atoms with van der Waals surface area (Å²) in [5.41, 5.74) is 0.0122. The second-order valence-electron chi connectivity index (χ2n) is 6.07. The Morgan fingerprint density at radius 3 is 2.47 bits per heavy atom. The first-order chi connectivity index (χ1) is 7.64. The molecule has 100 valence electrons. The quantitative estimate of drug-likeness (QED) is 0.515. The molecule has 0 radical (unpaired) electrons. The molecule has 0 bridgehead atoms. The van der Waals surface area contributed by atoms with Crippen molar-refractivity contribution in [3.63, 3.8) is 0 Å².